The molecule has 1 amide bonds. The first kappa shape index (κ1) is 14.6. The van der Waals surface area contributed by atoms with Crippen molar-refractivity contribution in [3.8, 4) is 5.88 Å². The maximum atomic E-state index is 12.8. The molecule has 0 N–H and O–H groups in total. The molecule has 116 valence electrons. The molecule has 1 aliphatic heterocycles. The largest absolute Gasteiger partial charge is 0.478 e. The first-order valence-electron chi connectivity index (χ1n) is 7.59. The second-order valence-electron chi connectivity index (χ2n) is 5.38. The number of ether oxygens (including phenoxy) is 1. The van der Waals surface area contributed by atoms with Crippen LogP contribution in [0.2, 0.25) is 0 Å². The Morgan fingerprint density at radius 3 is 2.86 bits per heavy atom. The van der Waals surface area contributed by atoms with E-state index in [1.165, 1.54) is 0 Å². The monoisotopic (exact) mass is 300 g/mol. The predicted molar refractivity (Wildman–Crippen MR) is 81.7 cm³/mol. The summed E-state index contributed by atoms with van der Waals surface area (Å²) in [6.45, 7) is 6.55. The average Bonchev–Trinajstić information content (AvgIpc) is 2.90. The van der Waals surface area contributed by atoms with Crippen LogP contribution in [0.1, 0.15) is 35.0 Å². The van der Waals surface area contributed by atoms with E-state index in [2.05, 4.69) is 10.1 Å². The van der Waals surface area contributed by atoms with E-state index >= 15 is 0 Å². The summed E-state index contributed by atoms with van der Waals surface area (Å²) in [5.41, 5.74) is 2.38. The summed E-state index contributed by atoms with van der Waals surface area (Å²) in [7, 11) is 0. The van der Waals surface area contributed by atoms with Gasteiger partial charge in [-0.1, -0.05) is 0 Å². The minimum Gasteiger partial charge on any atom is -0.478 e. The molecule has 1 aliphatic rings. The third kappa shape index (κ3) is 2.68. The molecule has 0 fully saturated rings. The van der Waals surface area contributed by atoms with E-state index in [1.807, 2.05) is 26.0 Å². The zero-order valence-corrected chi connectivity index (χ0v) is 13.0. The van der Waals surface area contributed by atoms with Crippen LogP contribution < -0.4 is 4.74 Å². The zero-order chi connectivity index (χ0) is 15.5. The van der Waals surface area contributed by atoms with Crippen LogP contribution in [-0.2, 0) is 13.1 Å². The lowest BCUT2D eigenvalue weighted by atomic mass is 10.2. The van der Waals surface area contributed by atoms with Gasteiger partial charge >= 0.3 is 0 Å². The molecule has 2 aromatic heterocycles. The fourth-order valence-electron chi connectivity index (χ4n) is 2.64. The van der Waals surface area contributed by atoms with Crippen LogP contribution in [-0.4, -0.2) is 38.7 Å². The molecule has 0 saturated carbocycles. The number of amides is 1. The van der Waals surface area contributed by atoms with Gasteiger partial charge in [0.15, 0.2) is 5.69 Å². The number of carbonyl (C=O) groups excluding carboxylic acids is 1. The van der Waals surface area contributed by atoms with Gasteiger partial charge in [-0.05, 0) is 31.5 Å². The van der Waals surface area contributed by atoms with Gasteiger partial charge in [0.05, 0.1) is 6.61 Å². The summed E-state index contributed by atoms with van der Waals surface area (Å²) in [6, 6.07) is 3.84. The fraction of sp³-hybridized carbons (Fsp3) is 0.438. The third-order valence-corrected chi connectivity index (χ3v) is 3.88. The van der Waals surface area contributed by atoms with Crippen LogP contribution >= 0.6 is 0 Å². The first-order chi connectivity index (χ1) is 10.7. The molecule has 3 heterocycles. The van der Waals surface area contributed by atoms with Gasteiger partial charge in [0.25, 0.3) is 5.91 Å². The van der Waals surface area contributed by atoms with Crippen LogP contribution in [0.5, 0.6) is 5.88 Å². The second kappa shape index (κ2) is 6.17. The van der Waals surface area contributed by atoms with Gasteiger partial charge < -0.3 is 9.64 Å². The quantitative estimate of drug-likeness (QED) is 0.867. The first-order valence-corrected chi connectivity index (χ1v) is 7.59. The van der Waals surface area contributed by atoms with Gasteiger partial charge in [-0.15, -0.1) is 0 Å². The van der Waals surface area contributed by atoms with E-state index in [9.17, 15) is 4.79 Å². The molecule has 2 aromatic rings. The molecular weight excluding hydrogens is 280 g/mol. The van der Waals surface area contributed by atoms with Crippen LogP contribution in [0.4, 0.5) is 0 Å². The average molecular weight is 300 g/mol. The van der Waals surface area contributed by atoms with Crippen molar-refractivity contribution in [2.24, 2.45) is 0 Å². The standard InChI is InChI=1S/C16H20N4O2/c1-3-19(11-13-5-7-17-8-6-13)15(21)14-12(2)16-20(18-14)9-4-10-22-16/h5-8H,3-4,9-11H2,1-2H3. The summed E-state index contributed by atoms with van der Waals surface area (Å²) in [5.74, 6) is 0.678. The number of aromatic nitrogens is 3. The molecule has 0 saturated heterocycles. The molecule has 6 heteroatoms. The molecule has 22 heavy (non-hydrogen) atoms. The van der Waals surface area contributed by atoms with E-state index in [1.54, 1.807) is 22.0 Å². The van der Waals surface area contributed by atoms with Gasteiger partial charge in [0, 0.05) is 44.0 Å². The van der Waals surface area contributed by atoms with Crippen LogP contribution in [0.25, 0.3) is 0 Å². The predicted octanol–water partition coefficient (Wildman–Crippen LogP) is 2.03. The van der Waals surface area contributed by atoms with Crippen molar-refractivity contribution in [1.82, 2.24) is 19.7 Å². The fourth-order valence-corrected chi connectivity index (χ4v) is 2.64. The number of rotatable bonds is 4. The van der Waals surface area contributed by atoms with E-state index in [-0.39, 0.29) is 5.91 Å². The highest BCUT2D eigenvalue weighted by atomic mass is 16.5. The Morgan fingerprint density at radius 1 is 1.41 bits per heavy atom. The van der Waals surface area contributed by atoms with Crippen LogP contribution in [0.15, 0.2) is 24.5 Å². The molecule has 3 rings (SSSR count). The lowest BCUT2D eigenvalue weighted by Gasteiger charge is -2.20. The summed E-state index contributed by atoms with van der Waals surface area (Å²) in [4.78, 5) is 18.6. The molecule has 0 unspecified atom stereocenters. The SMILES string of the molecule is CCN(Cc1ccncc1)C(=O)c1nn2c(c1C)OCCC2. The normalized spacial score (nSPS) is 13.4. The van der Waals surface area contributed by atoms with Crippen LogP contribution in [0.3, 0.4) is 0 Å². The molecule has 0 atom stereocenters. The maximum absolute atomic E-state index is 12.8. The topological polar surface area (TPSA) is 60.2 Å². The van der Waals surface area contributed by atoms with Gasteiger partial charge in [0.2, 0.25) is 5.88 Å². The Kier molecular flexibility index (Phi) is 4.09. The second-order valence-corrected chi connectivity index (χ2v) is 5.38. The lowest BCUT2D eigenvalue weighted by molar-refractivity contribution is 0.0745. The van der Waals surface area contributed by atoms with Crippen molar-refractivity contribution in [1.29, 1.82) is 0 Å². The van der Waals surface area contributed by atoms with Crippen molar-refractivity contribution in [3.63, 3.8) is 0 Å². The molecule has 0 spiro atoms. The number of nitrogens with zero attached hydrogens (tertiary/aromatic N) is 4. The Morgan fingerprint density at radius 2 is 2.18 bits per heavy atom. The molecular formula is C16H20N4O2. The van der Waals surface area contributed by atoms with E-state index in [4.69, 9.17) is 4.74 Å². The number of aryl methyl sites for hydroxylation is 1. The summed E-state index contributed by atoms with van der Waals surface area (Å²) in [5, 5.41) is 4.45. The van der Waals surface area contributed by atoms with E-state index < -0.39 is 0 Å². The van der Waals surface area contributed by atoms with Crippen molar-refractivity contribution in [2.45, 2.75) is 33.4 Å². The minimum absolute atomic E-state index is 0.0534. The minimum atomic E-state index is -0.0534. The maximum Gasteiger partial charge on any atom is 0.275 e. The number of pyridine rings is 1. The zero-order valence-electron chi connectivity index (χ0n) is 13.0. The highest BCUT2D eigenvalue weighted by Crippen LogP contribution is 2.26. The van der Waals surface area contributed by atoms with Crippen molar-refractivity contribution in [3.05, 3.63) is 41.3 Å². The Balaban J connectivity index is 1.84. The smallest absolute Gasteiger partial charge is 0.275 e. The van der Waals surface area contributed by atoms with Crippen LogP contribution in [0, 0.1) is 6.92 Å². The number of carbonyl (C=O) groups is 1. The Hall–Kier alpha value is -2.37. The van der Waals surface area contributed by atoms with Gasteiger partial charge in [0.1, 0.15) is 0 Å². The van der Waals surface area contributed by atoms with Gasteiger partial charge in [-0.3, -0.25) is 9.78 Å². The van der Waals surface area contributed by atoms with Crippen molar-refractivity contribution >= 4 is 5.91 Å². The molecule has 0 radical (unpaired) electrons. The number of fused-ring (bicyclic) bond motifs is 1. The van der Waals surface area contributed by atoms with Gasteiger partial charge in [-0.25, -0.2) is 4.68 Å². The Labute approximate surface area is 129 Å². The highest BCUT2D eigenvalue weighted by Gasteiger charge is 2.26. The molecule has 0 aromatic carbocycles. The highest BCUT2D eigenvalue weighted by molar-refractivity contribution is 5.94. The summed E-state index contributed by atoms with van der Waals surface area (Å²) in [6.07, 6.45) is 4.40. The molecule has 0 aliphatic carbocycles. The molecule has 0 bridgehead atoms. The molecule has 6 nitrogen and oxygen atoms in total. The third-order valence-electron chi connectivity index (χ3n) is 3.88. The van der Waals surface area contributed by atoms with Crippen molar-refractivity contribution < 1.29 is 9.53 Å². The number of hydrogen-bond acceptors (Lipinski definition) is 4. The summed E-state index contributed by atoms with van der Waals surface area (Å²) < 4.78 is 7.44. The number of hydrogen-bond donors (Lipinski definition) is 0. The summed E-state index contributed by atoms with van der Waals surface area (Å²) >= 11 is 0. The lowest BCUT2D eigenvalue weighted by Crippen LogP contribution is -2.31. The van der Waals surface area contributed by atoms with E-state index in [0.29, 0.717) is 25.4 Å². The van der Waals surface area contributed by atoms with E-state index in [0.717, 1.165) is 30.0 Å². The van der Waals surface area contributed by atoms with Crippen molar-refractivity contribution in [2.75, 3.05) is 13.2 Å². The van der Waals surface area contributed by atoms with Gasteiger partial charge in [-0.2, -0.15) is 5.10 Å². The Bertz CT molecular complexity index is 666.